The Labute approximate surface area is 174 Å². The molecule has 0 radical (unpaired) electrons. The summed E-state index contributed by atoms with van der Waals surface area (Å²) in [5, 5.41) is 6.83. The van der Waals surface area contributed by atoms with Crippen LogP contribution in [0.3, 0.4) is 0 Å². The molecule has 2 N–H and O–H groups in total. The molecule has 0 aliphatic heterocycles. The minimum absolute atomic E-state index is 0.523. The maximum absolute atomic E-state index is 11.7. The maximum atomic E-state index is 11.7. The number of benzene rings is 2. The molecule has 0 aromatic heterocycles. The van der Waals surface area contributed by atoms with Gasteiger partial charge in [-0.2, -0.15) is 0 Å². The van der Waals surface area contributed by atoms with Gasteiger partial charge in [0.25, 0.3) is 0 Å². The summed E-state index contributed by atoms with van der Waals surface area (Å²) in [5.41, 5.74) is 4.01. The number of thiocarbonyl (C=S) groups is 1. The Balaban J connectivity index is 1.80. The minimum atomic E-state index is -3.30. The lowest BCUT2D eigenvalue weighted by molar-refractivity contribution is 0.600. The van der Waals surface area contributed by atoms with E-state index in [1.165, 1.54) is 28.7 Å². The zero-order valence-corrected chi connectivity index (χ0v) is 18.5. The lowest BCUT2D eigenvalue weighted by Crippen LogP contribution is -2.29. The summed E-state index contributed by atoms with van der Waals surface area (Å²) in [6.07, 6.45) is 3.14. The quantitative estimate of drug-likeness (QED) is 0.498. The van der Waals surface area contributed by atoms with Crippen LogP contribution in [0, 0.1) is 0 Å². The first-order valence-electron chi connectivity index (χ1n) is 9.34. The van der Waals surface area contributed by atoms with Crippen LogP contribution in [0.15, 0.2) is 48.5 Å². The molecule has 0 fully saturated rings. The largest absolute Gasteiger partial charge is 0.362 e. The first kappa shape index (κ1) is 22.2. The second-order valence-electron chi connectivity index (χ2n) is 7.16. The lowest BCUT2D eigenvalue weighted by Gasteiger charge is -2.18. The zero-order chi connectivity index (χ0) is 20.7. The van der Waals surface area contributed by atoms with Gasteiger partial charge in [0.05, 0.1) is 11.9 Å². The molecule has 2 rings (SSSR count). The van der Waals surface area contributed by atoms with Crippen LogP contribution in [0.25, 0.3) is 0 Å². The van der Waals surface area contributed by atoms with E-state index in [0.29, 0.717) is 16.7 Å². The maximum Gasteiger partial charge on any atom is 0.231 e. The normalized spacial score (nSPS) is 11.3. The topological polar surface area (TPSA) is 61.4 Å². The highest BCUT2D eigenvalue weighted by atomic mass is 32.2. The Hall–Kier alpha value is -2.12. The zero-order valence-electron chi connectivity index (χ0n) is 16.9. The van der Waals surface area contributed by atoms with Crippen molar-refractivity contribution >= 4 is 38.7 Å². The SMILES string of the molecule is CC(C)c1ccc(CCCNC(=S)Nc2cccc(N(C)S(C)(=O)=O)c2)cc1. The van der Waals surface area contributed by atoms with Crippen LogP contribution in [0.1, 0.15) is 37.3 Å². The fourth-order valence-electron chi connectivity index (χ4n) is 2.71. The van der Waals surface area contributed by atoms with Crippen LogP contribution in [0.4, 0.5) is 11.4 Å². The second kappa shape index (κ2) is 9.89. The van der Waals surface area contributed by atoms with E-state index >= 15 is 0 Å². The molecule has 0 bridgehead atoms. The van der Waals surface area contributed by atoms with E-state index in [-0.39, 0.29) is 0 Å². The molecule has 0 saturated heterocycles. The van der Waals surface area contributed by atoms with E-state index in [2.05, 4.69) is 48.7 Å². The van der Waals surface area contributed by atoms with Gasteiger partial charge in [0.1, 0.15) is 0 Å². The molecule has 0 amide bonds. The summed E-state index contributed by atoms with van der Waals surface area (Å²) >= 11 is 5.34. The Morgan fingerprint density at radius 3 is 2.43 bits per heavy atom. The molecule has 0 atom stereocenters. The number of hydrogen-bond donors (Lipinski definition) is 2. The molecule has 0 aliphatic carbocycles. The molecule has 0 aliphatic rings. The number of aryl methyl sites for hydroxylation is 1. The van der Waals surface area contributed by atoms with Crippen LogP contribution < -0.4 is 14.9 Å². The molecule has 0 saturated carbocycles. The van der Waals surface area contributed by atoms with Crippen molar-refractivity contribution < 1.29 is 8.42 Å². The third-order valence-electron chi connectivity index (χ3n) is 4.54. The summed E-state index contributed by atoms with van der Waals surface area (Å²) in [7, 11) is -1.77. The second-order valence-corrected chi connectivity index (χ2v) is 9.58. The highest BCUT2D eigenvalue weighted by Crippen LogP contribution is 2.20. The minimum Gasteiger partial charge on any atom is -0.362 e. The highest BCUT2D eigenvalue weighted by Gasteiger charge is 2.12. The third kappa shape index (κ3) is 6.80. The number of anilines is 2. The van der Waals surface area contributed by atoms with Crippen molar-refractivity contribution in [2.24, 2.45) is 0 Å². The monoisotopic (exact) mass is 419 g/mol. The van der Waals surface area contributed by atoms with Gasteiger partial charge in [-0.1, -0.05) is 44.2 Å². The van der Waals surface area contributed by atoms with Crippen LogP contribution in [-0.4, -0.2) is 33.4 Å². The lowest BCUT2D eigenvalue weighted by atomic mass is 10.0. The van der Waals surface area contributed by atoms with Crippen molar-refractivity contribution in [3.05, 3.63) is 59.7 Å². The Bertz CT molecular complexity index is 894. The van der Waals surface area contributed by atoms with Crippen molar-refractivity contribution in [1.29, 1.82) is 0 Å². The molecule has 152 valence electrons. The summed E-state index contributed by atoms with van der Waals surface area (Å²) in [4.78, 5) is 0. The molecular weight excluding hydrogens is 390 g/mol. The van der Waals surface area contributed by atoms with Crippen LogP contribution in [0.5, 0.6) is 0 Å². The van der Waals surface area contributed by atoms with Gasteiger partial charge in [-0.15, -0.1) is 0 Å². The summed E-state index contributed by atoms with van der Waals surface area (Å²) in [6, 6.07) is 15.9. The number of nitrogens with zero attached hydrogens (tertiary/aromatic N) is 1. The van der Waals surface area contributed by atoms with E-state index < -0.39 is 10.0 Å². The summed E-state index contributed by atoms with van der Waals surface area (Å²) in [5.74, 6) is 0.551. The Morgan fingerprint density at radius 2 is 1.82 bits per heavy atom. The van der Waals surface area contributed by atoms with E-state index in [1.54, 1.807) is 18.2 Å². The summed E-state index contributed by atoms with van der Waals surface area (Å²) < 4.78 is 24.6. The number of hydrogen-bond acceptors (Lipinski definition) is 3. The third-order valence-corrected chi connectivity index (χ3v) is 5.99. The fraction of sp³-hybridized carbons (Fsp3) is 0.381. The predicted octanol–water partition coefficient (Wildman–Crippen LogP) is 4.13. The summed E-state index contributed by atoms with van der Waals surface area (Å²) in [6.45, 7) is 5.16. The average molecular weight is 420 g/mol. The van der Waals surface area contributed by atoms with Crippen molar-refractivity contribution in [2.75, 3.05) is 29.5 Å². The Kier molecular flexibility index (Phi) is 7.83. The van der Waals surface area contributed by atoms with Gasteiger partial charge in [0.15, 0.2) is 5.11 Å². The first-order chi connectivity index (χ1) is 13.2. The van der Waals surface area contributed by atoms with E-state index in [9.17, 15) is 8.42 Å². The van der Waals surface area contributed by atoms with E-state index in [4.69, 9.17) is 12.2 Å². The molecule has 0 spiro atoms. The molecule has 0 heterocycles. The number of nitrogens with one attached hydrogen (secondary N) is 2. The van der Waals surface area contributed by atoms with E-state index in [0.717, 1.165) is 25.1 Å². The van der Waals surface area contributed by atoms with Crippen molar-refractivity contribution in [2.45, 2.75) is 32.6 Å². The molecular formula is C21H29N3O2S2. The smallest absolute Gasteiger partial charge is 0.231 e. The molecule has 0 unspecified atom stereocenters. The molecule has 2 aromatic rings. The average Bonchev–Trinajstić information content (AvgIpc) is 2.64. The van der Waals surface area contributed by atoms with Gasteiger partial charge in [-0.3, -0.25) is 4.31 Å². The molecule has 2 aromatic carbocycles. The van der Waals surface area contributed by atoms with Gasteiger partial charge in [0.2, 0.25) is 10.0 Å². The van der Waals surface area contributed by atoms with Crippen molar-refractivity contribution in [3.63, 3.8) is 0 Å². The molecule has 7 heteroatoms. The van der Waals surface area contributed by atoms with Crippen LogP contribution >= 0.6 is 12.2 Å². The fourth-order valence-corrected chi connectivity index (χ4v) is 3.43. The number of rotatable bonds is 8. The Morgan fingerprint density at radius 1 is 1.14 bits per heavy atom. The van der Waals surface area contributed by atoms with Crippen molar-refractivity contribution in [1.82, 2.24) is 5.32 Å². The van der Waals surface area contributed by atoms with Gasteiger partial charge in [-0.25, -0.2) is 8.42 Å². The van der Waals surface area contributed by atoms with E-state index in [1.807, 2.05) is 6.07 Å². The van der Waals surface area contributed by atoms with Gasteiger partial charge in [0, 0.05) is 19.3 Å². The highest BCUT2D eigenvalue weighted by molar-refractivity contribution is 7.92. The standard InChI is InChI=1S/C21H29N3O2S2/c1-16(2)18-12-10-17(11-13-18)7-6-14-22-21(27)23-19-8-5-9-20(15-19)24(3)28(4,25)26/h5,8-13,15-16H,6-7,14H2,1-4H3,(H2,22,23,27). The molecule has 28 heavy (non-hydrogen) atoms. The van der Waals surface area contributed by atoms with Gasteiger partial charge in [-0.05, 0) is 60.3 Å². The van der Waals surface area contributed by atoms with Crippen molar-refractivity contribution in [3.8, 4) is 0 Å². The predicted molar refractivity (Wildman–Crippen MR) is 123 cm³/mol. The van der Waals surface area contributed by atoms with Gasteiger partial charge < -0.3 is 10.6 Å². The van der Waals surface area contributed by atoms with Gasteiger partial charge >= 0.3 is 0 Å². The van der Waals surface area contributed by atoms with Crippen LogP contribution in [0.2, 0.25) is 0 Å². The molecule has 5 nitrogen and oxygen atoms in total. The first-order valence-corrected chi connectivity index (χ1v) is 11.6. The van der Waals surface area contributed by atoms with Crippen LogP contribution in [-0.2, 0) is 16.4 Å². The number of sulfonamides is 1.